The third kappa shape index (κ3) is 2.04. The van der Waals surface area contributed by atoms with Crippen molar-refractivity contribution in [1.29, 1.82) is 0 Å². The summed E-state index contributed by atoms with van der Waals surface area (Å²) in [5.74, 6) is 0.853. The molecule has 0 atom stereocenters. The second kappa shape index (κ2) is 3.95. The zero-order valence-electron chi connectivity index (χ0n) is 8.38. The van der Waals surface area contributed by atoms with Crippen LogP contribution in [0, 0.1) is 0 Å². The Morgan fingerprint density at radius 3 is 3.07 bits per heavy atom. The quantitative estimate of drug-likeness (QED) is 0.756. The van der Waals surface area contributed by atoms with E-state index < -0.39 is 0 Å². The van der Waals surface area contributed by atoms with Crippen molar-refractivity contribution in [2.24, 2.45) is 7.05 Å². The molecule has 0 bridgehead atoms. The van der Waals surface area contributed by atoms with Gasteiger partial charge in [-0.25, -0.2) is 0 Å². The second-order valence-corrected chi connectivity index (χ2v) is 3.17. The van der Waals surface area contributed by atoms with Crippen molar-refractivity contribution >= 4 is 11.4 Å². The van der Waals surface area contributed by atoms with Crippen molar-refractivity contribution in [2.45, 2.75) is 6.54 Å². The smallest absolute Gasteiger partial charge is 0.151 e. The summed E-state index contributed by atoms with van der Waals surface area (Å²) < 4.78 is 1.85. The molecule has 0 radical (unpaired) electrons. The van der Waals surface area contributed by atoms with Crippen molar-refractivity contribution in [3.8, 4) is 0 Å². The van der Waals surface area contributed by atoms with Gasteiger partial charge in [0.15, 0.2) is 5.82 Å². The number of pyridine rings is 1. The molecule has 0 fully saturated rings. The highest BCUT2D eigenvalue weighted by Crippen LogP contribution is 2.15. The summed E-state index contributed by atoms with van der Waals surface area (Å²) in [6.45, 7) is 0.588. The normalized spacial score (nSPS) is 10.2. The molecule has 0 spiro atoms. The molecule has 0 unspecified atom stereocenters. The first-order valence-corrected chi connectivity index (χ1v) is 4.53. The van der Waals surface area contributed by atoms with Crippen LogP contribution in [0.3, 0.4) is 0 Å². The maximum Gasteiger partial charge on any atom is 0.151 e. The van der Waals surface area contributed by atoms with Gasteiger partial charge in [-0.2, -0.15) is 0 Å². The van der Waals surface area contributed by atoms with Gasteiger partial charge >= 0.3 is 0 Å². The fraction of sp³-hybridized carbons (Fsp3) is 0.222. The molecule has 0 aliphatic heterocycles. The molecule has 0 aliphatic carbocycles. The fourth-order valence-electron chi connectivity index (χ4n) is 1.21. The summed E-state index contributed by atoms with van der Waals surface area (Å²) in [6.07, 6.45) is 4.96. The van der Waals surface area contributed by atoms with Gasteiger partial charge in [0.2, 0.25) is 0 Å². The highest BCUT2D eigenvalue weighted by molar-refractivity contribution is 5.63. The summed E-state index contributed by atoms with van der Waals surface area (Å²) >= 11 is 0. The molecule has 6 heteroatoms. The van der Waals surface area contributed by atoms with Crippen LogP contribution in [-0.4, -0.2) is 19.7 Å². The minimum absolute atomic E-state index is 0.588. The van der Waals surface area contributed by atoms with Crippen molar-refractivity contribution < 1.29 is 0 Å². The molecule has 15 heavy (non-hydrogen) atoms. The number of rotatable bonds is 3. The van der Waals surface area contributed by atoms with E-state index >= 15 is 0 Å². The van der Waals surface area contributed by atoms with Crippen LogP contribution in [0.25, 0.3) is 0 Å². The van der Waals surface area contributed by atoms with E-state index in [1.54, 1.807) is 18.7 Å². The molecule has 2 rings (SSSR count). The minimum Gasteiger partial charge on any atom is -0.396 e. The molecule has 2 aromatic rings. The van der Waals surface area contributed by atoms with Gasteiger partial charge < -0.3 is 15.6 Å². The lowest BCUT2D eigenvalue weighted by atomic mass is 10.3. The zero-order valence-corrected chi connectivity index (χ0v) is 8.38. The van der Waals surface area contributed by atoms with Gasteiger partial charge in [0, 0.05) is 13.2 Å². The van der Waals surface area contributed by atoms with Crippen LogP contribution in [0.5, 0.6) is 0 Å². The largest absolute Gasteiger partial charge is 0.396 e. The maximum atomic E-state index is 5.73. The third-order valence-electron chi connectivity index (χ3n) is 2.09. The van der Waals surface area contributed by atoms with Crippen LogP contribution < -0.4 is 11.1 Å². The number of hydrogen-bond acceptors (Lipinski definition) is 5. The molecular weight excluding hydrogens is 192 g/mol. The van der Waals surface area contributed by atoms with Crippen LogP contribution in [0.4, 0.5) is 11.4 Å². The maximum absolute atomic E-state index is 5.73. The lowest BCUT2D eigenvalue weighted by Gasteiger charge is -2.07. The summed E-state index contributed by atoms with van der Waals surface area (Å²) in [4.78, 5) is 3.91. The molecular formula is C9H12N6. The van der Waals surface area contributed by atoms with Crippen molar-refractivity contribution in [1.82, 2.24) is 19.7 Å². The number of aryl methyl sites for hydroxylation is 1. The number of aromatic nitrogens is 4. The molecule has 0 aromatic carbocycles. The van der Waals surface area contributed by atoms with E-state index in [0.29, 0.717) is 12.2 Å². The summed E-state index contributed by atoms with van der Waals surface area (Å²) in [6, 6.07) is 1.83. The van der Waals surface area contributed by atoms with Crippen LogP contribution >= 0.6 is 0 Å². The molecule has 6 nitrogen and oxygen atoms in total. The molecule has 78 valence electrons. The van der Waals surface area contributed by atoms with E-state index in [1.807, 2.05) is 17.7 Å². The number of nitrogens with two attached hydrogens (primary N) is 1. The second-order valence-electron chi connectivity index (χ2n) is 3.17. The van der Waals surface area contributed by atoms with E-state index in [4.69, 9.17) is 5.73 Å². The molecule has 3 N–H and O–H groups in total. The number of nitrogens with one attached hydrogen (secondary N) is 1. The Hall–Kier alpha value is -2.11. The van der Waals surface area contributed by atoms with Gasteiger partial charge in [0.05, 0.1) is 24.1 Å². The van der Waals surface area contributed by atoms with Crippen molar-refractivity contribution in [3.05, 3.63) is 30.6 Å². The van der Waals surface area contributed by atoms with Gasteiger partial charge in [-0.1, -0.05) is 0 Å². The molecule has 0 amide bonds. The number of anilines is 2. The third-order valence-corrected chi connectivity index (χ3v) is 2.09. The highest BCUT2D eigenvalue weighted by Gasteiger charge is 2.01. The SMILES string of the molecule is Cn1cnnc1CNc1ccncc1N. The van der Waals surface area contributed by atoms with E-state index in [0.717, 1.165) is 11.5 Å². The zero-order chi connectivity index (χ0) is 10.7. The van der Waals surface area contributed by atoms with Gasteiger partial charge in [-0.15, -0.1) is 10.2 Å². The molecule has 2 aromatic heterocycles. The predicted octanol–water partition coefficient (Wildman–Crippen LogP) is 0.404. The lowest BCUT2D eigenvalue weighted by molar-refractivity contribution is 0.812. The number of nitrogens with zero attached hydrogens (tertiary/aromatic N) is 4. The topological polar surface area (TPSA) is 81.7 Å². The Labute approximate surface area is 87.2 Å². The Bertz CT molecular complexity index is 449. The van der Waals surface area contributed by atoms with E-state index in [9.17, 15) is 0 Å². The van der Waals surface area contributed by atoms with Crippen LogP contribution in [0.1, 0.15) is 5.82 Å². The van der Waals surface area contributed by atoms with Crippen molar-refractivity contribution in [2.75, 3.05) is 11.1 Å². The van der Waals surface area contributed by atoms with E-state index in [1.165, 1.54) is 0 Å². The number of hydrogen-bond donors (Lipinski definition) is 2. The summed E-state index contributed by atoms with van der Waals surface area (Å²) in [5, 5.41) is 10.9. The van der Waals surface area contributed by atoms with Gasteiger partial charge in [0.25, 0.3) is 0 Å². The Morgan fingerprint density at radius 1 is 1.53 bits per heavy atom. The molecule has 0 aliphatic rings. The van der Waals surface area contributed by atoms with E-state index in [2.05, 4.69) is 20.5 Å². The van der Waals surface area contributed by atoms with Crippen molar-refractivity contribution in [3.63, 3.8) is 0 Å². The van der Waals surface area contributed by atoms with Crippen LogP contribution in [-0.2, 0) is 13.6 Å². The lowest BCUT2D eigenvalue weighted by Crippen LogP contribution is -2.07. The average molecular weight is 204 g/mol. The summed E-state index contributed by atoms with van der Waals surface area (Å²) in [5.41, 5.74) is 7.21. The monoisotopic (exact) mass is 204 g/mol. The first-order valence-electron chi connectivity index (χ1n) is 4.53. The Morgan fingerprint density at radius 2 is 2.40 bits per heavy atom. The van der Waals surface area contributed by atoms with E-state index in [-0.39, 0.29) is 0 Å². The molecule has 2 heterocycles. The van der Waals surface area contributed by atoms with Gasteiger partial charge in [0.1, 0.15) is 6.33 Å². The predicted molar refractivity (Wildman–Crippen MR) is 57.0 cm³/mol. The standard InChI is InChI=1S/C9H12N6/c1-15-6-13-14-9(15)5-12-8-2-3-11-4-7(8)10/h2-4,6H,5,10H2,1H3,(H,11,12). The number of nitrogen functional groups attached to an aromatic ring is 1. The first-order chi connectivity index (χ1) is 7.27. The van der Waals surface area contributed by atoms with Gasteiger partial charge in [-0.3, -0.25) is 4.98 Å². The average Bonchev–Trinajstić information content (AvgIpc) is 2.63. The molecule has 0 saturated carbocycles. The summed E-state index contributed by atoms with van der Waals surface area (Å²) in [7, 11) is 1.90. The Kier molecular flexibility index (Phi) is 2.49. The minimum atomic E-state index is 0.588. The fourth-order valence-corrected chi connectivity index (χ4v) is 1.21. The van der Waals surface area contributed by atoms with Crippen LogP contribution in [0.2, 0.25) is 0 Å². The first kappa shape index (κ1) is 9.45. The Balaban J connectivity index is 2.06. The van der Waals surface area contributed by atoms with Gasteiger partial charge in [-0.05, 0) is 6.07 Å². The molecule has 0 saturated heterocycles. The van der Waals surface area contributed by atoms with Crippen LogP contribution in [0.15, 0.2) is 24.8 Å². The highest BCUT2D eigenvalue weighted by atomic mass is 15.3.